The van der Waals surface area contributed by atoms with E-state index in [2.05, 4.69) is 15.6 Å². The smallest absolute Gasteiger partial charge is 0.325 e. The number of anilines is 1. The summed E-state index contributed by atoms with van der Waals surface area (Å²) < 4.78 is 44.4. The average Bonchev–Trinajstić information content (AvgIpc) is 2.84. The van der Waals surface area contributed by atoms with E-state index in [9.17, 15) is 18.4 Å². The summed E-state index contributed by atoms with van der Waals surface area (Å²) in [6, 6.07) is 13.4. The van der Waals surface area contributed by atoms with Gasteiger partial charge in [-0.3, -0.25) is 15.1 Å². The molecule has 0 saturated carbocycles. The molecule has 1 heterocycles. The van der Waals surface area contributed by atoms with E-state index >= 15 is 0 Å². The molecule has 0 unspecified atom stereocenters. The van der Waals surface area contributed by atoms with Crippen molar-refractivity contribution in [2.24, 2.45) is 0 Å². The lowest BCUT2D eigenvalue weighted by Gasteiger charge is -2.13. The van der Waals surface area contributed by atoms with E-state index in [1.807, 2.05) is 0 Å². The summed E-state index contributed by atoms with van der Waals surface area (Å²) >= 11 is 0. The van der Waals surface area contributed by atoms with Crippen LogP contribution in [0.2, 0.25) is 0 Å². The number of aromatic nitrogens is 1. The summed E-state index contributed by atoms with van der Waals surface area (Å²) in [5.41, 5.74) is 1.07. The fraction of sp³-hybridized carbons (Fsp3) is 0.115. The first-order valence-electron chi connectivity index (χ1n) is 10.7. The summed E-state index contributed by atoms with van der Waals surface area (Å²) in [6.07, 6.45) is 1.32. The van der Waals surface area contributed by atoms with E-state index in [-0.39, 0.29) is 17.9 Å². The number of rotatable bonds is 7. The number of ether oxygens (including phenoxy) is 3. The molecular weight excluding hydrogens is 472 g/mol. The third-order valence-corrected chi connectivity index (χ3v) is 5.12. The molecule has 3 amide bonds. The number of urea groups is 1. The molecule has 2 N–H and O–H groups in total. The number of imide groups is 1. The standard InChI is InChI=1S/C26H21F2N3O5/c1-34-23-13-18-20(14-24(23)35-2)29-9-8-21(18)36-22-7-6-17(12-19(22)28)30-26(33)31-25(32)11-15-4-3-5-16(27)10-15/h3-10,12-14H,11H2,1-2H3,(H2,30,31,32,33). The molecule has 0 atom stereocenters. The Balaban J connectivity index is 1.44. The molecule has 0 saturated heterocycles. The van der Waals surface area contributed by atoms with E-state index in [0.717, 1.165) is 6.07 Å². The van der Waals surface area contributed by atoms with Gasteiger partial charge in [-0.1, -0.05) is 12.1 Å². The predicted octanol–water partition coefficient (Wildman–Crippen LogP) is 5.21. The Morgan fingerprint density at radius 2 is 1.67 bits per heavy atom. The lowest BCUT2D eigenvalue weighted by atomic mass is 10.1. The number of halogens is 2. The third-order valence-electron chi connectivity index (χ3n) is 5.12. The Kier molecular flexibility index (Phi) is 7.24. The van der Waals surface area contributed by atoms with Crippen molar-refractivity contribution in [2.45, 2.75) is 6.42 Å². The normalized spacial score (nSPS) is 10.6. The van der Waals surface area contributed by atoms with Gasteiger partial charge < -0.3 is 19.5 Å². The molecule has 0 aliphatic rings. The highest BCUT2D eigenvalue weighted by Crippen LogP contribution is 2.37. The van der Waals surface area contributed by atoms with Crippen LogP contribution in [0.4, 0.5) is 19.3 Å². The van der Waals surface area contributed by atoms with Crippen LogP contribution in [0, 0.1) is 11.6 Å². The minimum absolute atomic E-state index is 0.0922. The lowest BCUT2D eigenvalue weighted by Crippen LogP contribution is -2.35. The molecule has 0 fully saturated rings. The zero-order valence-corrected chi connectivity index (χ0v) is 19.3. The molecule has 36 heavy (non-hydrogen) atoms. The first-order chi connectivity index (χ1) is 17.4. The fourth-order valence-electron chi connectivity index (χ4n) is 3.48. The van der Waals surface area contributed by atoms with E-state index < -0.39 is 23.6 Å². The second-order valence-electron chi connectivity index (χ2n) is 7.59. The van der Waals surface area contributed by atoms with Gasteiger partial charge >= 0.3 is 6.03 Å². The van der Waals surface area contributed by atoms with Gasteiger partial charge in [0.05, 0.1) is 26.2 Å². The molecule has 0 aliphatic heterocycles. The van der Waals surface area contributed by atoms with Crippen LogP contribution in [0.5, 0.6) is 23.0 Å². The van der Waals surface area contributed by atoms with Crippen molar-refractivity contribution in [1.29, 1.82) is 0 Å². The van der Waals surface area contributed by atoms with Crippen LogP contribution in [0.15, 0.2) is 66.9 Å². The van der Waals surface area contributed by atoms with Crippen molar-refractivity contribution in [1.82, 2.24) is 10.3 Å². The number of nitrogens with zero attached hydrogens (tertiary/aromatic N) is 1. The number of fused-ring (bicyclic) bond motifs is 1. The molecule has 3 aromatic carbocycles. The Labute approximate surface area is 204 Å². The van der Waals surface area contributed by atoms with Crippen molar-refractivity contribution >= 4 is 28.5 Å². The highest BCUT2D eigenvalue weighted by Gasteiger charge is 2.15. The first-order valence-corrected chi connectivity index (χ1v) is 10.7. The number of amides is 3. The quantitative estimate of drug-likeness (QED) is 0.367. The van der Waals surface area contributed by atoms with Gasteiger partial charge in [-0.05, 0) is 42.0 Å². The second kappa shape index (κ2) is 10.7. The number of hydrogen-bond acceptors (Lipinski definition) is 6. The van der Waals surface area contributed by atoms with E-state index in [0.29, 0.717) is 33.7 Å². The van der Waals surface area contributed by atoms with Crippen LogP contribution in [0.1, 0.15) is 5.56 Å². The number of methoxy groups -OCH3 is 2. The van der Waals surface area contributed by atoms with Crippen LogP contribution in [-0.2, 0) is 11.2 Å². The molecule has 4 rings (SSSR count). The Morgan fingerprint density at radius 1 is 0.889 bits per heavy atom. The third kappa shape index (κ3) is 5.66. The minimum Gasteiger partial charge on any atom is -0.493 e. The zero-order chi connectivity index (χ0) is 25.7. The van der Waals surface area contributed by atoms with E-state index in [4.69, 9.17) is 14.2 Å². The van der Waals surface area contributed by atoms with Gasteiger partial charge in [0.2, 0.25) is 5.91 Å². The van der Waals surface area contributed by atoms with Gasteiger partial charge in [0, 0.05) is 29.4 Å². The minimum atomic E-state index is -0.856. The van der Waals surface area contributed by atoms with Gasteiger partial charge in [-0.2, -0.15) is 0 Å². The SMILES string of the molecule is COc1cc2nccc(Oc3ccc(NC(=O)NC(=O)Cc4cccc(F)c4)cc3F)c2cc1OC. The number of carbonyl (C=O) groups is 2. The summed E-state index contributed by atoms with van der Waals surface area (Å²) in [6.45, 7) is 0. The van der Waals surface area contributed by atoms with Crippen molar-refractivity contribution in [3.8, 4) is 23.0 Å². The molecule has 0 bridgehead atoms. The van der Waals surface area contributed by atoms with Crippen LogP contribution < -0.4 is 24.8 Å². The van der Waals surface area contributed by atoms with Gasteiger partial charge in [0.1, 0.15) is 11.6 Å². The summed E-state index contributed by atoms with van der Waals surface area (Å²) in [5.74, 6) is -0.683. The Morgan fingerprint density at radius 3 is 2.39 bits per heavy atom. The van der Waals surface area contributed by atoms with E-state index in [1.54, 1.807) is 24.3 Å². The molecule has 8 nitrogen and oxygen atoms in total. The summed E-state index contributed by atoms with van der Waals surface area (Å²) in [5, 5.41) is 5.07. The number of nitrogens with one attached hydrogen (secondary N) is 2. The molecule has 0 aliphatic carbocycles. The number of pyridine rings is 1. The summed E-state index contributed by atoms with van der Waals surface area (Å²) in [7, 11) is 3.01. The molecule has 184 valence electrons. The maximum atomic E-state index is 14.8. The first kappa shape index (κ1) is 24.4. The molecule has 1 aromatic heterocycles. The van der Waals surface area contributed by atoms with Gasteiger partial charge in [0.25, 0.3) is 0 Å². The summed E-state index contributed by atoms with van der Waals surface area (Å²) in [4.78, 5) is 28.4. The monoisotopic (exact) mass is 493 g/mol. The van der Waals surface area contributed by atoms with Crippen molar-refractivity contribution in [3.63, 3.8) is 0 Å². The molecular formula is C26H21F2N3O5. The topological polar surface area (TPSA) is 98.8 Å². The highest BCUT2D eigenvalue weighted by atomic mass is 19.1. The van der Waals surface area contributed by atoms with Crippen molar-refractivity contribution in [2.75, 3.05) is 19.5 Å². The van der Waals surface area contributed by atoms with Crippen molar-refractivity contribution < 1.29 is 32.6 Å². The maximum Gasteiger partial charge on any atom is 0.325 e. The number of benzene rings is 3. The van der Waals surface area contributed by atoms with Gasteiger partial charge in [-0.15, -0.1) is 0 Å². The fourth-order valence-corrected chi connectivity index (χ4v) is 3.48. The Hall–Kier alpha value is -4.73. The van der Waals surface area contributed by atoms with Crippen LogP contribution in [0.3, 0.4) is 0 Å². The van der Waals surface area contributed by atoms with Gasteiger partial charge in [0.15, 0.2) is 23.1 Å². The number of hydrogen-bond donors (Lipinski definition) is 2. The van der Waals surface area contributed by atoms with Crippen molar-refractivity contribution in [3.05, 3.63) is 84.1 Å². The maximum absolute atomic E-state index is 14.8. The largest absolute Gasteiger partial charge is 0.493 e. The molecule has 0 spiro atoms. The molecule has 0 radical (unpaired) electrons. The van der Waals surface area contributed by atoms with Crippen LogP contribution in [-0.4, -0.2) is 31.1 Å². The molecule has 4 aromatic rings. The van der Waals surface area contributed by atoms with E-state index in [1.165, 1.54) is 50.7 Å². The molecule has 10 heteroatoms. The average molecular weight is 493 g/mol. The highest BCUT2D eigenvalue weighted by molar-refractivity contribution is 6.01. The lowest BCUT2D eigenvalue weighted by molar-refractivity contribution is -0.119. The second-order valence-corrected chi connectivity index (χ2v) is 7.59. The van der Waals surface area contributed by atoms with Crippen LogP contribution in [0.25, 0.3) is 10.9 Å². The predicted molar refractivity (Wildman–Crippen MR) is 129 cm³/mol. The van der Waals surface area contributed by atoms with Gasteiger partial charge in [-0.25, -0.2) is 13.6 Å². The zero-order valence-electron chi connectivity index (χ0n) is 19.3. The van der Waals surface area contributed by atoms with Crippen LogP contribution >= 0.6 is 0 Å². The Bertz CT molecular complexity index is 1440. The number of carbonyl (C=O) groups excluding carboxylic acids is 2.